The maximum absolute atomic E-state index is 11.0. The van der Waals surface area contributed by atoms with Crippen molar-refractivity contribution in [3.05, 3.63) is 21.0 Å². The number of carbonyl (C=O) groups excluding carboxylic acids is 1. The van der Waals surface area contributed by atoms with Gasteiger partial charge >= 0.3 is 11.4 Å². The predicted octanol–water partition coefficient (Wildman–Crippen LogP) is -1.30. The average molecular weight is 215 g/mol. The van der Waals surface area contributed by atoms with Gasteiger partial charge in [0.15, 0.2) is 0 Å². The van der Waals surface area contributed by atoms with E-state index in [0.717, 1.165) is 4.74 Å². The summed E-state index contributed by atoms with van der Waals surface area (Å²) >= 11 is 0. The number of hydrogen-bond donors (Lipinski definition) is 2. The lowest BCUT2D eigenvalue weighted by molar-refractivity contribution is -0.119. The summed E-state index contributed by atoms with van der Waals surface area (Å²) in [5.41, 5.74) is -0.599. The maximum Gasteiger partial charge on any atom is 0.440 e. The van der Waals surface area contributed by atoms with Crippen LogP contribution < -0.4 is 16.8 Å². The summed E-state index contributed by atoms with van der Waals surface area (Å²) < 4.78 is 5.44. The molecule has 0 spiro atoms. The van der Waals surface area contributed by atoms with E-state index in [1.807, 2.05) is 4.98 Å². The molecule has 0 radical (unpaired) electrons. The predicted molar refractivity (Wildman–Crippen MR) is 51.7 cm³/mol. The first-order chi connectivity index (χ1) is 7.04. The second kappa shape index (κ2) is 4.74. The molecule has 0 unspecified atom stereocenters. The Labute approximate surface area is 85.1 Å². The highest BCUT2D eigenvalue weighted by Crippen LogP contribution is 1.94. The third-order valence-corrected chi connectivity index (χ3v) is 2.09. The van der Waals surface area contributed by atoms with Gasteiger partial charge in [0.05, 0.1) is 12.6 Å². The molecule has 7 heteroatoms. The van der Waals surface area contributed by atoms with E-state index in [9.17, 15) is 14.4 Å². The number of carbonyl (C=O) groups is 1. The van der Waals surface area contributed by atoms with Crippen LogP contribution in [0.3, 0.4) is 0 Å². The van der Waals surface area contributed by atoms with Crippen molar-refractivity contribution >= 4 is 5.78 Å². The minimum Gasteiger partial charge on any atom is -0.317 e. The third-order valence-electron chi connectivity index (χ3n) is 2.09. The Morgan fingerprint density at radius 2 is 2.27 bits per heavy atom. The molecule has 1 atom stereocenters. The molecule has 0 fully saturated rings. The number of rotatable bonds is 5. The highest BCUT2D eigenvalue weighted by molar-refractivity contribution is 5.81. The van der Waals surface area contributed by atoms with Crippen LogP contribution in [0.2, 0.25) is 0 Å². The Kier molecular flexibility index (Phi) is 3.62. The molecule has 1 heterocycles. The molecular weight excluding hydrogens is 202 g/mol. The first kappa shape index (κ1) is 11.4. The van der Waals surface area contributed by atoms with Gasteiger partial charge in [-0.15, -0.1) is 0 Å². The van der Waals surface area contributed by atoms with E-state index in [1.54, 1.807) is 7.05 Å². The fraction of sp³-hybridized carbons (Fsp3) is 0.625. The number of nitrogens with one attached hydrogen (secondary N) is 2. The summed E-state index contributed by atoms with van der Waals surface area (Å²) in [7, 11) is 1.65. The monoisotopic (exact) mass is 215 g/mol. The summed E-state index contributed by atoms with van der Waals surface area (Å²) in [5, 5.41) is 2.80. The van der Waals surface area contributed by atoms with Crippen molar-refractivity contribution in [2.45, 2.75) is 25.9 Å². The zero-order chi connectivity index (χ0) is 11.4. The van der Waals surface area contributed by atoms with E-state index in [0.29, 0.717) is 6.42 Å². The van der Waals surface area contributed by atoms with Crippen LogP contribution in [0.4, 0.5) is 0 Å². The topological polar surface area (TPSA) is 97.1 Å². The third kappa shape index (κ3) is 2.91. The smallest absolute Gasteiger partial charge is 0.317 e. The van der Waals surface area contributed by atoms with Gasteiger partial charge in [-0.2, -0.15) is 4.74 Å². The zero-order valence-electron chi connectivity index (χ0n) is 8.57. The molecule has 7 nitrogen and oxygen atoms in total. The maximum atomic E-state index is 11.0. The van der Waals surface area contributed by atoms with E-state index >= 15 is 0 Å². The molecule has 0 amide bonds. The Balaban J connectivity index is 2.64. The van der Waals surface area contributed by atoms with E-state index in [2.05, 4.69) is 9.84 Å². The van der Waals surface area contributed by atoms with E-state index in [1.165, 1.54) is 6.92 Å². The molecule has 0 saturated carbocycles. The Bertz CT molecular complexity index is 441. The van der Waals surface area contributed by atoms with Crippen LogP contribution in [-0.2, 0) is 11.3 Å². The van der Waals surface area contributed by atoms with Gasteiger partial charge in [0, 0.05) is 0 Å². The number of aromatic nitrogens is 2. The van der Waals surface area contributed by atoms with E-state index in [4.69, 9.17) is 0 Å². The first-order valence-corrected chi connectivity index (χ1v) is 4.52. The van der Waals surface area contributed by atoms with Gasteiger partial charge in [0.1, 0.15) is 5.78 Å². The molecule has 84 valence electrons. The molecule has 2 N–H and O–H groups in total. The van der Waals surface area contributed by atoms with Gasteiger partial charge in [-0.25, -0.2) is 14.6 Å². The fourth-order valence-corrected chi connectivity index (χ4v) is 1.26. The van der Waals surface area contributed by atoms with Crippen LogP contribution in [0, 0.1) is 0 Å². The van der Waals surface area contributed by atoms with Crippen molar-refractivity contribution < 1.29 is 9.32 Å². The van der Waals surface area contributed by atoms with Crippen LogP contribution in [0.15, 0.2) is 14.1 Å². The van der Waals surface area contributed by atoms with E-state index < -0.39 is 11.4 Å². The number of ketones is 1. The zero-order valence-corrected chi connectivity index (χ0v) is 8.57. The van der Waals surface area contributed by atoms with Gasteiger partial charge in [-0.05, 0) is 20.4 Å². The summed E-state index contributed by atoms with van der Waals surface area (Å²) in [4.78, 5) is 34.6. The lowest BCUT2D eigenvalue weighted by Gasteiger charge is -2.10. The molecule has 1 aromatic heterocycles. The largest absolute Gasteiger partial charge is 0.440 e. The van der Waals surface area contributed by atoms with Gasteiger partial charge in [0.25, 0.3) is 0 Å². The van der Waals surface area contributed by atoms with E-state index in [-0.39, 0.29) is 18.4 Å². The average Bonchev–Trinajstić information content (AvgIpc) is 2.45. The lowest BCUT2D eigenvalue weighted by Crippen LogP contribution is -2.34. The Morgan fingerprint density at radius 1 is 1.60 bits per heavy atom. The molecule has 0 saturated heterocycles. The number of hydrogen-bond acceptors (Lipinski definition) is 5. The number of nitrogens with zero attached hydrogens (tertiary/aromatic N) is 1. The van der Waals surface area contributed by atoms with Crippen LogP contribution in [0.25, 0.3) is 0 Å². The van der Waals surface area contributed by atoms with Crippen molar-refractivity contribution in [3.63, 3.8) is 0 Å². The summed E-state index contributed by atoms with van der Waals surface area (Å²) in [6.07, 6.45) is 0.395. The lowest BCUT2D eigenvalue weighted by atomic mass is 10.1. The second-order valence-corrected chi connectivity index (χ2v) is 3.15. The van der Waals surface area contributed by atoms with Gasteiger partial charge in [-0.3, -0.25) is 4.79 Å². The van der Waals surface area contributed by atoms with Gasteiger partial charge < -0.3 is 9.84 Å². The number of aromatic amines is 1. The standard InChI is InChI=1S/C8H13N3O4/c1-5(12)6(9-2)3-4-11-7(13)10-8(14)15-11/h6,9H,3-4H2,1-2H3,(H,10,13,14)/t6-/m0/s1. The molecule has 1 rings (SSSR count). The van der Waals surface area contributed by atoms with Gasteiger partial charge in [-0.1, -0.05) is 0 Å². The number of likely N-dealkylation sites (N-methyl/N-ethyl adjacent to an activating group) is 1. The van der Waals surface area contributed by atoms with Crippen molar-refractivity contribution in [2.75, 3.05) is 7.05 Å². The van der Waals surface area contributed by atoms with Crippen LogP contribution in [0.5, 0.6) is 0 Å². The van der Waals surface area contributed by atoms with Crippen LogP contribution in [-0.4, -0.2) is 28.6 Å². The summed E-state index contributed by atoms with van der Waals surface area (Å²) in [5.74, 6) is -0.813. The molecule has 0 bridgehead atoms. The van der Waals surface area contributed by atoms with Crippen molar-refractivity contribution in [3.8, 4) is 0 Å². The van der Waals surface area contributed by atoms with Crippen LogP contribution >= 0.6 is 0 Å². The quantitative estimate of drug-likeness (QED) is 0.636. The second-order valence-electron chi connectivity index (χ2n) is 3.15. The highest BCUT2D eigenvalue weighted by atomic mass is 16.5. The van der Waals surface area contributed by atoms with Crippen molar-refractivity contribution in [1.29, 1.82) is 0 Å². The molecule has 0 aliphatic rings. The SMILES string of the molecule is CN[C@@H](CCn1oc(=O)[nH]c1=O)C(C)=O. The summed E-state index contributed by atoms with van der Waals surface area (Å²) in [6, 6.07) is -0.336. The number of aryl methyl sites for hydroxylation is 1. The van der Waals surface area contributed by atoms with Crippen LogP contribution in [0.1, 0.15) is 13.3 Å². The number of H-pyrrole nitrogens is 1. The van der Waals surface area contributed by atoms with Crippen molar-refractivity contribution in [2.24, 2.45) is 0 Å². The molecule has 0 aliphatic carbocycles. The molecule has 1 aromatic rings. The minimum atomic E-state index is -0.788. The number of Topliss-reactive ketones (excluding diaryl/α,β-unsaturated/α-hetero) is 1. The fourth-order valence-electron chi connectivity index (χ4n) is 1.26. The molecular formula is C8H13N3O4. The van der Waals surface area contributed by atoms with Crippen molar-refractivity contribution in [1.82, 2.24) is 15.0 Å². The molecule has 0 aromatic carbocycles. The Morgan fingerprint density at radius 3 is 2.67 bits per heavy atom. The first-order valence-electron chi connectivity index (χ1n) is 4.52. The highest BCUT2D eigenvalue weighted by Gasteiger charge is 2.12. The Hall–Kier alpha value is -1.63. The molecule has 15 heavy (non-hydrogen) atoms. The molecule has 0 aliphatic heterocycles. The normalized spacial score (nSPS) is 12.7. The minimum absolute atomic E-state index is 0.0246. The summed E-state index contributed by atoms with van der Waals surface area (Å²) in [6.45, 7) is 1.64. The van der Waals surface area contributed by atoms with Gasteiger partial charge in [0.2, 0.25) is 0 Å².